The number of methoxy groups -OCH3 is 1. The Morgan fingerprint density at radius 2 is 1.82 bits per heavy atom. The topological polar surface area (TPSA) is 84.5 Å². The monoisotopic (exact) mass is 410 g/mol. The zero-order valence-corrected chi connectivity index (χ0v) is 16.0. The van der Waals surface area contributed by atoms with Gasteiger partial charge in [0.05, 0.1) is 12.8 Å². The van der Waals surface area contributed by atoms with Crippen LogP contribution in [0.4, 0.5) is 14.5 Å². The van der Waals surface area contributed by atoms with E-state index in [0.717, 1.165) is 37.8 Å². The van der Waals surface area contributed by atoms with Gasteiger partial charge in [-0.05, 0) is 43.2 Å². The fourth-order valence-corrected chi connectivity index (χ4v) is 4.64. The SMILES string of the molecule is COc1ccc(C(=O)Nc2ccc(F)cc2F)cc1S(=O)(=O)NC1CCCC1. The smallest absolute Gasteiger partial charge is 0.255 e. The lowest BCUT2D eigenvalue weighted by atomic mass is 10.2. The molecule has 9 heteroatoms. The summed E-state index contributed by atoms with van der Waals surface area (Å²) in [5.41, 5.74) is -0.216. The van der Waals surface area contributed by atoms with Gasteiger partial charge in [-0.25, -0.2) is 21.9 Å². The summed E-state index contributed by atoms with van der Waals surface area (Å²) in [6.07, 6.45) is 3.42. The molecule has 0 heterocycles. The van der Waals surface area contributed by atoms with E-state index >= 15 is 0 Å². The lowest BCUT2D eigenvalue weighted by Crippen LogP contribution is -2.33. The molecule has 0 bridgehead atoms. The Morgan fingerprint density at radius 1 is 1.11 bits per heavy atom. The third-order valence-electron chi connectivity index (χ3n) is 4.57. The van der Waals surface area contributed by atoms with Gasteiger partial charge < -0.3 is 10.1 Å². The van der Waals surface area contributed by atoms with Crippen LogP contribution in [0.25, 0.3) is 0 Å². The number of ether oxygens (including phenoxy) is 1. The molecule has 150 valence electrons. The summed E-state index contributed by atoms with van der Waals surface area (Å²) in [6, 6.07) is 6.49. The first-order valence-corrected chi connectivity index (χ1v) is 10.3. The Morgan fingerprint density at radius 3 is 2.46 bits per heavy atom. The Balaban J connectivity index is 1.88. The van der Waals surface area contributed by atoms with Gasteiger partial charge in [-0.15, -0.1) is 0 Å². The van der Waals surface area contributed by atoms with Crippen LogP contribution in [0.15, 0.2) is 41.3 Å². The summed E-state index contributed by atoms with van der Waals surface area (Å²) >= 11 is 0. The van der Waals surface area contributed by atoms with Crippen molar-refractivity contribution in [3.05, 3.63) is 53.6 Å². The molecule has 1 amide bonds. The number of rotatable bonds is 6. The van der Waals surface area contributed by atoms with Crippen molar-refractivity contribution in [2.45, 2.75) is 36.6 Å². The summed E-state index contributed by atoms with van der Waals surface area (Å²) in [7, 11) is -2.58. The van der Waals surface area contributed by atoms with Crippen LogP contribution in [0.2, 0.25) is 0 Å². The zero-order valence-electron chi connectivity index (χ0n) is 15.2. The van der Waals surface area contributed by atoms with Crippen molar-refractivity contribution < 1.29 is 26.7 Å². The van der Waals surface area contributed by atoms with Crippen molar-refractivity contribution in [1.29, 1.82) is 0 Å². The van der Waals surface area contributed by atoms with Crippen LogP contribution in [-0.2, 0) is 10.0 Å². The number of carbonyl (C=O) groups excluding carboxylic acids is 1. The molecule has 0 unspecified atom stereocenters. The van der Waals surface area contributed by atoms with E-state index in [1.54, 1.807) is 0 Å². The number of halogens is 2. The van der Waals surface area contributed by atoms with E-state index in [1.807, 2.05) is 0 Å². The second-order valence-electron chi connectivity index (χ2n) is 6.55. The molecule has 0 spiro atoms. The van der Waals surface area contributed by atoms with Crippen LogP contribution in [0.1, 0.15) is 36.0 Å². The molecular weight excluding hydrogens is 390 g/mol. The maximum atomic E-state index is 13.8. The van der Waals surface area contributed by atoms with Crippen molar-refractivity contribution in [3.63, 3.8) is 0 Å². The van der Waals surface area contributed by atoms with E-state index in [1.165, 1.54) is 25.3 Å². The predicted octanol–water partition coefficient (Wildman–Crippen LogP) is 3.45. The average molecular weight is 410 g/mol. The molecule has 3 rings (SSSR count). The largest absolute Gasteiger partial charge is 0.495 e. The predicted molar refractivity (Wildman–Crippen MR) is 99.9 cm³/mol. The quantitative estimate of drug-likeness (QED) is 0.764. The highest BCUT2D eigenvalue weighted by atomic mass is 32.2. The van der Waals surface area contributed by atoms with Gasteiger partial charge >= 0.3 is 0 Å². The van der Waals surface area contributed by atoms with E-state index in [0.29, 0.717) is 6.07 Å². The van der Waals surface area contributed by atoms with Crippen LogP contribution < -0.4 is 14.8 Å². The highest BCUT2D eigenvalue weighted by Crippen LogP contribution is 2.28. The van der Waals surface area contributed by atoms with Gasteiger partial charge in [-0.1, -0.05) is 12.8 Å². The minimum atomic E-state index is -3.91. The Hall–Kier alpha value is -2.52. The van der Waals surface area contributed by atoms with Gasteiger partial charge in [0.1, 0.15) is 22.3 Å². The number of carbonyl (C=O) groups is 1. The zero-order chi connectivity index (χ0) is 20.3. The molecule has 1 fully saturated rings. The van der Waals surface area contributed by atoms with Crippen molar-refractivity contribution >= 4 is 21.6 Å². The third kappa shape index (κ3) is 4.48. The summed E-state index contributed by atoms with van der Waals surface area (Å²) in [6.45, 7) is 0. The van der Waals surface area contributed by atoms with Crippen LogP contribution >= 0.6 is 0 Å². The van der Waals surface area contributed by atoms with Gasteiger partial charge in [0, 0.05) is 17.7 Å². The number of nitrogens with one attached hydrogen (secondary N) is 2. The summed E-state index contributed by atoms with van der Waals surface area (Å²) in [5.74, 6) is -2.34. The molecule has 0 aliphatic heterocycles. The van der Waals surface area contributed by atoms with Gasteiger partial charge in [-0.3, -0.25) is 4.79 Å². The first kappa shape index (κ1) is 20.2. The number of benzene rings is 2. The lowest BCUT2D eigenvalue weighted by molar-refractivity contribution is 0.102. The van der Waals surface area contributed by atoms with Gasteiger partial charge in [-0.2, -0.15) is 0 Å². The normalized spacial score (nSPS) is 14.8. The molecule has 28 heavy (non-hydrogen) atoms. The standard InChI is InChI=1S/C19H20F2N2O4S/c1-27-17-9-6-12(19(24)22-16-8-7-13(20)11-15(16)21)10-18(17)28(25,26)23-14-4-2-3-5-14/h6-11,14,23H,2-5H2,1H3,(H,22,24). The van der Waals surface area contributed by atoms with Crippen molar-refractivity contribution in [3.8, 4) is 5.75 Å². The minimum absolute atomic E-state index is 0.00341. The second kappa shape index (κ2) is 8.24. The van der Waals surface area contributed by atoms with E-state index in [2.05, 4.69) is 10.0 Å². The van der Waals surface area contributed by atoms with E-state index in [4.69, 9.17) is 4.74 Å². The molecule has 0 aromatic heterocycles. The minimum Gasteiger partial charge on any atom is -0.495 e. The van der Waals surface area contributed by atoms with Crippen molar-refractivity contribution in [2.75, 3.05) is 12.4 Å². The van der Waals surface area contributed by atoms with Gasteiger partial charge in [0.2, 0.25) is 10.0 Å². The molecule has 2 aromatic rings. The fraction of sp³-hybridized carbons (Fsp3) is 0.316. The summed E-state index contributed by atoms with van der Waals surface area (Å²) < 4.78 is 60.1. The van der Waals surface area contributed by atoms with Crippen LogP contribution in [0.3, 0.4) is 0 Å². The van der Waals surface area contributed by atoms with Gasteiger partial charge in [0.25, 0.3) is 5.91 Å². The number of hydrogen-bond donors (Lipinski definition) is 2. The van der Waals surface area contributed by atoms with Gasteiger partial charge in [0.15, 0.2) is 0 Å². The Bertz CT molecular complexity index is 989. The molecule has 1 aliphatic carbocycles. The second-order valence-corrected chi connectivity index (χ2v) is 8.23. The number of sulfonamides is 1. The van der Waals surface area contributed by atoms with E-state index in [9.17, 15) is 22.0 Å². The van der Waals surface area contributed by atoms with Crippen LogP contribution in [-0.4, -0.2) is 27.5 Å². The number of hydrogen-bond acceptors (Lipinski definition) is 4. The lowest BCUT2D eigenvalue weighted by Gasteiger charge is -2.16. The Labute approximate surface area is 162 Å². The number of amides is 1. The van der Waals surface area contributed by atoms with E-state index in [-0.39, 0.29) is 27.9 Å². The molecule has 0 saturated heterocycles. The number of anilines is 1. The first-order chi connectivity index (χ1) is 13.3. The highest BCUT2D eigenvalue weighted by Gasteiger charge is 2.26. The van der Waals surface area contributed by atoms with Crippen molar-refractivity contribution in [1.82, 2.24) is 4.72 Å². The van der Waals surface area contributed by atoms with Crippen LogP contribution in [0, 0.1) is 11.6 Å². The van der Waals surface area contributed by atoms with E-state index < -0.39 is 27.6 Å². The molecule has 1 aliphatic rings. The van der Waals surface area contributed by atoms with Crippen molar-refractivity contribution in [2.24, 2.45) is 0 Å². The summed E-state index contributed by atoms with van der Waals surface area (Å²) in [5, 5.41) is 2.31. The molecule has 0 radical (unpaired) electrons. The fourth-order valence-electron chi connectivity index (χ4n) is 3.14. The molecule has 0 atom stereocenters. The van der Waals surface area contributed by atoms with Crippen LogP contribution in [0.5, 0.6) is 5.75 Å². The maximum absolute atomic E-state index is 13.8. The molecular formula is C19H20F2N2O4S. The molecule has 1 saturated carbocycles. The first-order valence-electron chi connectivity index (χ1n) is 8.77. The maximum Gasteiger partial charge on any atom is 0.255 e. The Kier molecular flexibility index (Phi) is 5.95. The average Bonchev–Trinajstić information content (AvgIpc) is 3.15. The third-order valence-corrected chi connectivity index (χ3v) is 6.11. The molecule has 2 N–H and O–H groups in total. The molecule has 6 nitrogen and oxygen atoms in total. The highest BCUT2D eigenvalue weighted by molar-refractivity contribution is 7.89. The summed E-state index contributed by atoms with van der Waals surface area (Å²) in [4.78, 5) is 12.3. The molecule has 2 aromatic carbocycles.